The molecule has 1 aromatic carbocycles. The van der Waals surface area contributed by atoms with Gasteiger partial charge in [-0.25, -0.2) is 23.1 Å². The fourth-order valence-electron chi connectivity index (χ4n) is 4.36. The van der Waals surface area contributed by atoms with Crippen molar-refractivity contribution in [3.8, 4) is 0 Å². The monoisotopic (exact) mass is 477 g/mol. The summed E-state index contributed by atoms with van der Waals surface area (Å²) in [5.74, 6) is -3.03. The van der Waals surface area contributed by atoms with Crippen molar-refractivity contribution in [2.75, 3.05) is 36.0 Å². The zero-order valence-corrected chi connectivity index (χ0v) is 19.4. The molecule has 34 heavy (non-hydrogen) atoms. The normalized spacial score (nSPS) is 19.2. The van der Waals surface area contributed by atoms with E-state index in [-0.39, 0.29) is 43.2 Å². The lowest BCUT2D eigenvalue weighted by Gasteiger charge is -2.36. The summed E-state index contributed by atoms with van der Waals surface area (Å²) in [7, 11) is 0. The van der Waals surface area contributed by atoms with Gasteiger partial charge in [0.05, 0.1) is 11.3 Å². The second kappa shape index (κ2) is 9.40. The van der Waals surface area contributed by atoms with E-state index in [2.05, 4.69) is 15.3 Å². The van der Waals surface area contributed by atoms with Crippen LogP contribution in [0.4, 0.5) is 24.8 Å². The summed E-state index contributed by atoms with van der Waals surface area (Å²) >= 11 is 0. The molecular weight excluding hydrogens is 447 g/mol. The first-order chi connectivity index (χ1) is 16.0. The molecule has 4 rings (SSSR count). The number of rotatable bonds is 5. The van der Waals surface area contributed by atoms with Crippen molar-refractivity contribution in [3.05, 3.63) is 47.5 Å². The molecule has 1 aromatic heterocycles. The predicted octanol–water partition coefficient (Wildman–Crippen LogP) is 3.48. The molecule has 2 heterocycles. The number of benzene rings is 1. The molecule has 7 nitrogen and oxygen atoms in total. The van der Waals surface area contributed by atoms with Crippen molar-refractivity contribution < 1.29 is 23.1 Å². The molecule has 1 aliphatic carbocycles. The third-order valence-electron chi connectivity index (χ3n) is 6.49. The average Bonchev–Trinajstić information content (AvgIpc) is 2.80. The van der Waals surface area contributed by atoms with Gasteiger partial charge in [-0.15, -0.1) is 0 Å². The summed E-state index contributed by atoms with van der Waals surface area (Å²) in [5.41, 5.74) is 0.0602. The number of nitrogens with one attached hydrogen (secondary N) is 1. The first-order valence-corrected chi connectivity index (χ1v) is 11.6. The fraction of sp³-hybridized carbons (Fsp3) is 0.542. The van der Waals surface area contributed by atoms with Crippen LogP contribution in [0.1, 0.15) is 55.6 Å². The van der Waals surface area contributed by atoms with Crippen LogP contribution in [-0.4, -0.2) is 59.1 Å². The summed E-state index contributed by atoms with van der Waals surface area (Å²) in [4.78, 5) is 25.1. The van der Waals surface area contributed by atoms with Crippen LogP contribution < -0.4 is 15.1 Å². The van der Waals surface area contributed by atoms with E-state index in [0.29, 0.717) is 43.4 Å². The van der Waals surface area contributed by atoms with Crippen LogP contribution in [0.5, 0.6) is 0 Å². The highest BCUT2D eigenvalue weighted by atomic mass is 19.3. The number of carbonyl (C=O) groups excluding carboxylic acids is 1. The van der Waals surface area contributed by atoms with Crippen molar-refractivity contribution in [1.82, 2.24) is 15.3 Å². The summed E-state index contributed by atoms with van der Waals surface area (Å²) in [5, 5.41) is 12.9. The Morgan fingerprint density at radius 1 is 1.12 bits per heavy atom. The van der Waals surface area contributed by atoms with Crippen LogP contribution in [0.2, 0.25) is 0 Å². The number of alkyl halides is 2. The van der Waals surface area contributed by atoms with Crippen molar-refractivity contribution >= 4 is 17.5 Å². The maximum atomic E-state index is 14.7. The Kier molecular flexibility index (Phi) is 6.71. The van der Waals surface area contributed by atoms with Crippen LogP contribution in [0.25, 0.3) is 0 Å². The first kappa shape index (κ1) is 24.3. The number of hydrogen-bond acceptors (Lipinski definition) is 6. The number of anilines is 2. The number of aliphatic hydroxyl groups is 1. The maximum absolute atomic E-state index is 14.7. The Labute approximate surface area is 197 Å². The first-order valence-electron chi connectivity index (χ1n) is 11.6. The third kappa shape index (κ3) is 5.60. The number of nitrogens with zero attached hydrogens (tertiary/aromatic N) is 4. The van der Waals surface area contributed by atoms with Crippen LogP contribution in [-0.2, 0) is 5.60 Å². The van der Waals surface area contributed by atoms with E-state index < -0.39 is 17.4 Å². The van der Waals surface area contributed by atoms with Gasteiger partial charge >= 0.3 is 0 Å². The van der Waals surface area contributed by atoms with Gasteiger partial charge in [-0.05, 0) is 50.5 Å². The zero-order valence-electron chi connectivity index (χ0n) is 19.4. The van der Waals surface area contributed by atoms with Crippen LogP contribution in [0, 0.1) is 5.82 Å². The van der Waals surface area contributed by atoms with Crippen molar-refractivity contribution in [2.24, 2.45) is 0 Å². The molecule has 0 bridgehead atoms. The van der Waals surface area contributed by atoms with Crippen LogP contribution in [0.15, 0.2) is 30.5 Å². The second-order valence-corrected chi connectivity index (χ2v) is 9.54. The Bertz CT molecular complexity index is 1030. The van der Waals surface area contributed by atoms with E-state index >= 15 is 0 Å². The molecule has 0 atom stereocenters. The fourth-order valence-corrected chi connectivity index (χ4v) is 4.36. The number of carbonyl (C=O) groups is 1. The van der Waals surface area contributed by atoms with Gasteiger partial charge in [-0.1, -0.05) is 6.07 Å². The highest BCUT2D eigenvalue weighted by Gasteiger charge is 2.35. The molecule has 0 spiro atoms. The predicted molar refractivity (Wildman–Crippen MR) is 123 cm³/mol. The number of hydrogen-bond donors (Lipinski definition) is 2. The lowest BCUT2D eigenvalue weighted by molar-refractivity contribution is -0.0399. The Hall–Kier alpha value is -2.88. The van der Waals surface area contributed by atoms with Gasteiger partial charge in [0.25, 0.3) is 5.91 Å². The van der Waals surface area contributed by atoms with E-state index in [4.69, 9.17) is 0 Å². The summed E-state index contributed by atoms with van der Waals surface area (Å²) in [6.45, 7) is 5.37. The van der Waals surface area contributed by atoms with Crippen LogP contribution in [0.3, 0.4) is 0 Å². The van der Waals surface area contributed by atoms with E-state index in [0.717, 1.165) is 0 Å². The minimum atomic E-state index is -2.65. The SMILES string of the molecule is CC(C)(O)c1ccc(N2CCN(c3nccc(C(=O)NC4CCC(F)(F)CC4)n3)CC2)c(F)c1. The van der Waals surface area contributed by atoms with Gasteiger partial charge in [-0.2, -0.15) is 0 Å². The Balaban J connectivity index is 1.36. The smallest absolute Gasteiger partial charge is 0.270 e. The summed E-state index contributed by atoms with van der Waals surface area (Å²) in [6.07, 6.45) is 1.54. The molecule has 2 N–H and O–H groups in total. The lowest BCUT2D eigenvalue weighted by atomic mass is 9.92. The number of amides is 1. The van der Waals surface area contributed by atoms with Gasteiger partial charge in [-0.3, -0.25) is 4.79 Å². The van der Waals surface area contributed by atoms with Crippen molar-refractivity contribution in [2.45, 2.75) is 57.1 Å². The van der Waals surface area contributed by atoms with E-state index in [1.165, 1.54) is 18.3 Å². The quantitative estimate of drug-likeness (QED) is 0.687. The largest absolute Gasteiger partial charge is 0.386 e. The highest BCUT2D eigenvalue weighted by molar-refractivity contribution is 5.92. The van der Waals surface area contributed by atoms with Gasteiger partial charge < -0.3 is 20.2 Å². The van der Waals surface area contributed by atoms with E-state index in [9.17, 15) is 23.1 Å². The Morgan fingerprint density at radius 2 is 1.76 bits per heavy atom. The lowest BCUT2D eigenvalue weighted by Crippen LogP contribution is -2.47. The van der Waals surface area contributed by atoms with E-state index in [1.54, 1.807) is 26.0 Å². The standard InChI is InChI=1S/C24H30F3N5O2/c1-23(2,34)16-3-4-20(18(25)15-16)31-11-13-32(14-12-31)22-28-10-7-19(30-22)21(33)29-17-5-8-24(26,27)9-6-17/h3-4,7,10,15,17,34H,5-6,8-9,11-14H2,1-2H3,(H,29,33). The topological polar surface area (TPSA) is 81.6 Å². The Morgan fingerprint density at radius 3 is 2.38 bits per heavy atom. The molecule has 2 fully saturated rings. The average molecular weight is 478 g/mol. The molecule has 0 radical (unpaired) electrons. The number of aromatic nitrogens is 2. The molecule has 1 amide bonds. The van der Waals surface area contributed by atoms with E-state index in [1.807, 2.05) is 9.80 Å². The minimum Gasteiger partial charge on any atom is -0.386 e. The van der Waals surface area contributed by atoms with Gasteiger partial charge in [0.15, 0.2) is 0 Å². The van der Waals surface area contributed by atoms with Crippen LogP contribution >= 0.6 is 0 Å². The molecular formula is C24H30F3N5O2. The maximum Gasteiger partial charge on any atom is 0.270 e. The third-order valence-corrected chi connectivity index (χ3v) is 6.49. The van der Waals surface area contributed by atoms with Crippen molar-refractivity contribution in [1.29, 1.82) is 0 Å². The molecule has 0 unspecified atom stereocenters. The summed E-state index contributed by atoms with van der Waals surface area (Å²) in [6, 6.07) is 5.99. The summed E-state index contributed by atoms with van der Waals surface area (Å²) < 4.78 is 41.4. The molecule has 1 saturated heterocycles. The molecule has 1 aliphatic heterocycles. The minimum absolute atomic E-state index is 0.193. The molecule has 2 aromatic rings. The van der Waals surface area contributed by atoms with Crippen molar-refractivity contribution in [3.63, 3.8) is 0 Å². The molecule has 2 aliphatic rings. The molecule has 1 saturated carbocycles. The van der Waals surface area contributed by atoms with Gasteiger partial charge in [0, 0.05) is 51.3 Å². The second-order valence-electron chi connectivity index (χ2n) is 9.54. The molecule has 10 heteroatoms. The van der Waals surface area contributed by atoms with Gasteiger partial charge in [0.1, 0.15) is 11.5 Å². The molecule has 184 valence electrons. The van der Waals surface area contributed by atoms with Gasteiger partial charge in [0.2, 0.25) is 11.9 Å². The highest BCUT2D eigenvalue weighted by Crippen LogP contribution is 2.33. The number of halogens is 3. The number of piperazine rings is 1. The zero-order chi connectivity index (χ0) is 24.5.